The average molecular weight is 746 g/mol. The van der Waals surface area contributed by atoms with Crippen LogP contribution in [0.1, 0.15) is 181 Å². The molecule has 0 spiro atoms. The molecule has 2 unspecified atom stereocenters. The number of aliphatic hydroxyl groups excluding tert-OH is 2. The van der Waals surface area contributed by atoms with Gasteiger partial charge in [0.1, 0.15) is 0 Å². The number of nitrogens with one attached hydrogen (secondary N) is 1. The number of hydrogen-bond donors (Lipinski definition) is 3. The first kappa shape index (κ1) is 51.0. The van der Waals surface area contributed by atoms with Crippen molar-refractivity contribution in [2.75, 3.05) is 6.61 Å². The molecule has 306 valence electrons. The zero-order valence-corrected chi connectivity index (χ0v) is 34.9. The maximum atomic E-state index is 12.4. The van der Waals surface area contributed by atoms with E-state index in [4.69, 9.17) is 0 Å². The maximum Gasteiger partial charge on any atom is 0.220 e. The van der Waals surface area contributed by atoms with Crippen LogP contribution in [0, 0.1) is 0 Å². The third-order valence-corrected chi connectivity index (χ3v) is 9.30. The molecule has 0 saturated carbocycles. The molecule has 0 aliphatic carbocycles. The zero-order valence-electron chi connectivity index (χ0n) is 34.9. The van der Waals surface area contributed by atoms with Crippen molar-refractivity contribution in [2.45, 2.75) is 193 Å². The summed E-state index contributed by atoms with van der Waals surface area (Å²) >= 11 is 0. The van der Waals surface area contributed by atoms with Gasteiger partial charge in [-0.3, -0.25) is 4.79 Å². The van der Waals surface area contributed by atoms with E-state index < -0.39 is 12.1 Å². The second-order valence-corrected chi connectivity index (χ2v) is 14.4. The Kier molecular flexibility index (Phi) is 42.0. The minimum atomic E-state index is -0.690. The van der Waals surface area contributed by atoms with Crippen LogP contribution in [0.5, 0.6) is 0 Å². The number of hydrogen-bond acceptors (Lipinski definition) is 3. The molecule has 0 aromatic carbocycles. The van der Waals surface area contributed by atoms with Crippen LogP contribution in [0.4, 0.5) is 0 Å². The Labute approximate surface area is 334 Å². The number of aliphatic hydroxyl groups is 2. The predicted octanol–water partition coefficient (Wildman–Crippen LogP) is 14.0. The van der Waals surface area contributed by atoms with Crippen LogP contribution in [-0.4, -0.2) is 34.9 Å². The monoisotopic (exact) mass is 746 g/mol. The first-order valence-electron chi connectivity index (χ1n) is 22.1. The van der Waals surface area contributed by atoms with Gasteiger partial charge in [0, 0.05) is 6.42 Å². The smallest absolute Gasteiger partial charge is 0.220 e. The van der Waals surface area contributed by atoms with Crippen molar-refractivity contribution in [3.63, 3.8) is 0 Å². The van der Waals surface area contributed by atoms with Crippen LogP contribution in [-0.2, 0) is 4.79 Å². The molecule has 0 heterocycles. The molecule has 2 atom stereocenters. The van der Waals surface area contributed by atoms with Crippen molar-refractivity contribution in [1.29, 1.82) is 0 Å². The summed E-state index contributed by atoms with van der Waals surface area (Å²) in [6, 6.07) is -0.574. The van der Waals surface area contributed by atoms with Crippen molar-refractivity contribution >= 4 is 5.91 Å². The number of amides is 1. The van der Waals surface area contributed by atoms with Crippen molar-refractivity contribution in [1.82, 2.24) is 5.32 Å². The van der Waals surface area contributed by atoms with Gasteiger partial charge in [-0.1, -0.05) is 207 Å². The van der Waals surface area contributed by atoms with E-state index >= 15 is 0 Å². The van der Waals surface area contributed by atoms with Gasteiger partial charge in [0.2, 0.25) is 5.91 Å². The fourth-order valence-electron chi connectivity index (χ4n) is 5.95. The molecule has 3 N–H and O–H groups in total. The molecule has 0 fully saturated rings. The van der Waals surface area contributed by atoms with E-state index in [0.29, 0.717) is 12.8 Å². The Hall–Kier alpha value is -2.95. The second kappa shape index (κ2) is 44.4. The largest absolute Gasteiger partial charge is 0.394 e. The lowest BCUT2D eigenvalue weighted by atomic mass is 10.0. The van der Waals surface area contributed by atoms with Crippen molar-refractivity contribution in [3.8, 4) is 0 Å². The van der Waals surface area contributed by atoms with Gasteiger partial charge in [-0.15, -0.1) is 0 Å². The summed E-state index contributed by atoms with van der Waals surface area (Å²) in [5, 5.41) is 23.1. The van der Waals surface area contributed by atoms with Crippen molar-refractivity contribution in [3.05, 3.63) is 109 Å². The lowest BCUT2D eigenvalue weighted by Gasteiger charge is -2.22. The highest BCUT2D eigenvalue weighted by atomic mass is 16.3. The van der Waals surface area contributed by atoms with Gasteiger partial charge in [-0.05, 0) is 77.0 Å². The number of carbonyl (C=O) groups is 1. The summed E-state index contributed by atoms with van der Waals surface area (Å²) < 4.78 is 0. The van der Waals surface area contributed by atoms with Crippen molar-refractivity contribution in [2.24, 2.45) is 0 Å². The van der Waals surface area contributed by atoms with E-state index in [1.807, 2.05) is 0 Å². The van der Waals surface area contributed by atoms with Gasteiger partial charge in [-0.2, -0.15) is 0 Å². The lowest BCUT2D eigenvalue weighted by Crippen LogP contribution is -2.45. The third-order valence-electron chi connectivity index (χ3n) is 9.30. The number of carbonyl (C=O) groups excluding carboxylic acids is 1. The number of allylic oxidation sites excluding steroid dienone is 18. The molecule has 0 radical (unpaired) electrons. The summed E-state index contributed by atoms with van der Waals surface area (Å²) in [6.07, 6.45) is 67.4. The van der Waals surface area contributed by atoms with Crippen LogP contribution in [0.15, 0.2) is 109 Å². The topological polar surface area (TPSA) is 69.6 Å². The maximum absolute atomic E-state index is 12.4. The quantitative estimate of drug-likeness (QED) is 0.0435. The summed E-state index contributed by atoms with van der Waals surface area (Å²) in [5.41, 5.74) is 0. The number of rotatable bonds is 38. The molecule has 0 aliphatic heterocycles. The first-order valence-corrected chi connectivity index (χ1v) is 22.1. The fraction of sp³-hybridized carbons (Fsp3) is 0.620. The molecule has 4 heteroatoms. The number of unbranched alkanes of at least 4 members (excludes halogenated alkanes) is 13. The molecule has 0 saturated heterocycles. The van der Waals surface area contributed by atoms with Gasteiger partial charge in [0.15, 0.2) is 0 Å². The molecule has 0 aromatic rings. The summed E-state index contributed by atoms with van der Waals surface area (Å²) in [4.78, 5) is 12.4. The van der Waals surface area contributed by atoms with Crippen LogP contribution in [0.2, 0.25) is 0 Å². The Morgan fingerprint density at radius 2 is 0.796 bits per heavy atom. The second-order valence-electron chi connectivity index (χ2n) is 14.4. The van der Waals surface area contributed by atoms with Gasteiger partial charge < -0.3 is 15.5 Å². The Balaban J connectivity index is 3.75. The molecular weight excluding hydrogens is 663 g/mol. The van der Waals surface area contributed by atoms with Gasteiger partial charge in [0.05, 0.1) is 18.8 Å². The SMILES string of the molecule is CC/C=C\C/C=C\C/C=C\C/C=C\C/C=C\C/C=C\C/C=C\C/C=C\C/C=C\CCCC(=O)NC(CO)C(O)CCCCCCCCCCCCCCC. The Bertz CT molecular complexity index is 1070. The standard InChI is InChI=1S/C50H83NO3/c1-3-5-7-9-11-13-15-17-18-19-20-21-22-23-24-25-26-27-28-29-30-31-32-34-36-38-40-42-44-46-50(54)51-48(47-52)49(53)45-43-41-39-37-35-33-16-14-12-10-8-6-4-2/h5,7,11,13,17-18,20-21,23-24,26-27,29-30,32,34,38,40,48-49,52-53H,3-4,6,8-10,12,14-16,19,22,25,28,31,33,35-37,39,41-47H2,1-2H3,(H,51,54)/b7-5-,13-11-,18-17-,21-20-,24-23-,27-26-,30-29-,34-32-,40-38-. The normalized spacial score (nSPS) is 14.1. The van der Waals surface area contributed by atoms with Gasteiger partial charge in [-0.25, -0.2) is 0 Å². The first-order chi connectivity index (χ1) is 26.7. The lowest BCUT2D eigenvalue weighted by molar-refractivity contribution is -0.123. The van der Waals surface area contributed by atoms with Crippen LogP contribution in [0.25, 0.3) is 0 Å². The van der Waals surface area contributed by atoms with E-state index in [0.717, 1.165) is 83.5 Å². The molecule has 1 amide bonds. The van der Waals surface area contributed by atoms with Gasteiger partial charge in [0.25, 0.3) is 0 Å². The van der Waals surface area contributed by atoms with E-state index in [1.165, 1.54) is 70.6 Å². The summed E-state index contributed by atoms with van der Waals surface area (Å²) in [5.74, 6) is -0.0948. The molecule has 0 bridgehead atoms. The molecule has 0 rings (SSSR count). The zero-order chi connectivity index (χ0) is 39.3. The van der Waals surface area contributed by atoms with E-state index in [-0.39, 0.29) is 12.5 Å². The highest BCUT2D eigenvalue weighted by molar-refractivity contribution is 5.76. The van der Waals surface area contributed by atoms with Crippen LogP contribution < -0.4 is 5.32 Å². The fourth-order valence-corrected chi connectivity index (χ4v) is 5.95. The van der Waals surface area contributed by atoms with E-state index in [9.17, 15) is 15.0 Å². The minimum absolute atomic E-state index is 0.0948. The van der Waals surface area contributed by atoms with E-state index in [2.05, 4.69) is 129 Å². The van der Waals surface area contributed by atoms with E-state index in [1.54, 1.807) is 0 Å². The average Bonchev–Trinajstić information content (AvgIpc) is 3.18. The summed E-state index contributed by atoms with van der Waals surface area (Å²) in [7, 11) is 0. The van der Waals surface area contributed by atoms with Crippen LogP contribution >= 0.6 is 0 Å². The third kappa shape index (κ3) is 40.2. The Morgan fingerprint density at radius 3 is 1.15 bits per heavy atom. The summed E-state index contributed by atoms with van der Waals surface area (Å²) in [6.45, 7) is 4.20. The van der Waals surface area contributed by atoms with Crippen molar-refractivity contribution < 1.29 is 15.0 Å². The predicted molar refractivity (Wildman–Crippen MR) is 239 cm³/mol. The molecule has 4 nitrogen and oxygen atoms in total. The molecule has 54 heavy (non-hydrogen) atoms. The minimum Gasteiger partial charge on any atom is -0.394 e. The van der Waals surface area contributed by atoms with Crippen LogP contribution in [0.3, 0.4) is 0 Å². The molecule has 0 aliphatic rings. The highest BCUT2D eigenvalue weighted by Crippen LogP contribution is 2.14. The van der Waals surface area contributed by atoms with Gasteiger partial charge >= 0.3 is 0 Å². The Morgan fingerprint density at radius 1 is 0.463 bits per heavy atom. The highest BCUT2D eigenvalue weighted by Gasteiger charge is 2.19. The molecular formula is C50H83NO3. The molecule has 0 aromatic heterocycles.